The lowest BCUT2D eigenvalue weighted by Crippen LogP contribution is -2.36. The van der Waals surface area contributed by atoms with Crippen molar-refractivity contribution in [1.82, 2.24) is 44.2 Å². The molecule has 0 saturated heterocycles. The van der Waals surface area contributed by atoms with Crippen LogP contribution in [0.15, 0.2) is 107 Å². The summed E-state index contributed by atoms with van der Waals surface area (Å²) in [5, 5.41) is 19.9. The quantitative estimate of drug-likeness (QED) is 0.0393. The van der Waals surface area contributed by atoms with Crippen molar-refractivity contribution in [1.29, 1.82) is 0 Å². The fourth-order valence-electron chi connectivity index (χ4n) is 10.3. The molecule has 0 radical (unpaired) electrons. The first-order chi connectivity index (χ1) is 39.5. The zero-order chi connectivity index (χ0) is 58.6. The highest BCUT2D eigenvalue weighted by atomic mass is 19.1. The maximum atomic E-state index is 15.0. The van der Waals surface area contributed by atoms with Gasteiger partial charge >= 0.3 is 5.97 Å². The summed E-state index contributed by atoms with van der Waals surface area (Å²) in [4.78, 5) is 74.3. The molecule has 0 unspecified atom stereocenters. The van der Waals surface area contributed by atoms with Gasteiger partial charge in [0.15, 0.2) is 11.3 Å². The molecule has 9 rings (SSSR count). The number of aromatic nitrogens is 6. The second-order valence-electron chi connectivity index (χ2n) is 20.2. The zero-order valence-electron chi connectivity index (χ0n) is 47.1. The number of halogens is 4. The van der Waals surface area contributed by atoms with Crippen molar-refractivity contribution in [3.05, 3.63) is 163 Å². The molecule has 1 amide bonds. The summed E-state index contributed by atoms with van der Waals surface area (Å²) >= 11 is 0. The molecule has 430 valence electrons. The van der Waals surface area contributed by atoms with E-state index in [1.165, 1.54) is 48.9 Å². The van der Waals surface area contributed by atoms with Gasteiger partial charge < -0.3 is 30.9 Å². The molecular formula is C62H69F4N11O5. The van der Waals surface area contributed by atoms with E-state index in [4.69, 9.17) is 4.98 Å². The summed E-state index contributed by atoms with van der Waals surface area (Å²) in [6.45, 7) is 18.6. The van der Waals surface area contributed by atoms with Gasteiger partial charge in [-0.3, -0.25) is 23.5 Å². The lowest BCUT2D eigenvalue weighted by atomic mass is 9.95. The van der Waals surface area contributed by atoms with E-state index in [-0.39, 0.29) is 40.7 Å². The first-order valence-corrected chi connectivity index (χ1v) is 28.0. The second kappa shape index (κ2) is 27.4. The molecule has 1 saturated carbocycles. The third-order valence-electron chi connectivity index (χ3n) is 14.9. The summed E-state index contributed by atoms with van der Waals surface area (Å²) in [5.74, 6) is -4.49. The largest absolute Gasteiger partial charge is 0.478 e. The fraction of sp³-hybridized carbons (Fsp3) is 0.355. The number of nitrogens with zero attached hydrogens (tertiary/aromatic N) is 8. The van der Waals surface area contributed by atoms with Gasteiger partial charge in [-0.1, -0.05) is 71.2 Å². The summed E-state index contributed by atoms with van der Waals surface area (Å²) in [6, 6.07) is 22.6. The number of aryl methyl sites for hydroxylation is 2. The summed E-state index contributed by atoms with van der Waals surface area (Å²) in [7, 11) is 0. The predicted molar refractivity (Wildman–Crippen MR) is 314 cm³/mol. The molecule has 4 N–H and O–H groups in total. The van der Waals surface area contributed by atoms with E-state index in [0.717, 1.165) is 122 Å². The first-order valence-electron chi connectivity index (χ1n) is 28.0. The maximum absolute atomic E-state index is 15.0. The molecule has 0 bridgehead atoms. The Bertz CT molecular complexity index is 3690. The lowest BCUT2D eigenvalue weighted by Gasteiger charge is -2.23. The number of aromatic carboxylic acids is 1. The van der Waals surface area contributed by atoms with Crippen molar-refractivity contribution in [3.8, 4) is 33.9 Å². The number of nitrogens with one attached hydrogen (secondary N) is 3. The molecule has 0 atom stereocenters. The van der Waals surface area contributed by atoms with E-state index >= 15 is 8.78 Å². The molecule has 4 heterocycles. The van der Waals surface area contributed by atoms with Gasteiger partial charge in [0.1, 0.15) is 34.6 Å². The fourth-order valence-corrected chi connectivity index (χ4v) is 10.3. The van der Waals surface area contributed by atoms with Gasteiger partial charge in [0.05, 0.1) is 17.0 Å². The number of hydrogen-bond donors (Lipinski definition) is 4. The molecule has 1 fully saturated rings. The molecule has 0 spiro atoms. The molecule has 4 aromatic heterocycles. The summed E-state index contributed by atoms with van der Waals surface area (Å²) < 4.78 is 61.6. The molecule has 16 nitrogen and oxygen atoms in total. The molecule has 20 heteroatoms. The van der Waals surface area contributed by atoms with Crippen molar-refractivity contribution >= 4 is 45.8 Å². The molecule has 82 heavy (non-hydrogen) atoms. The minimum Gasteiger partial charge on any atom is -0.478 e. The van der Waals surface area contributed by atoms with Crippen LogP contribution in [-0.2, 0) is 0 Å². The molecule has 1 aliphatic rings. The average molecular weight is 1120 g/mol. The Labute approximate surface area is 473 Å². The van der Waals surface area contributed by atoms with Gasteiger partial charge in [0.25, 0.3) is 17.0 Å². The zero-order valence-corrected chi connectivity index (χ0v) is 47.1. The molecule has 4 aromatic carbocycles. The van der Waals surface area contributed by atoms with Crippen LogP contribution in [0, 0.1) is 37.1 Å². The van der Waals surface area contributed by atoms with E-state index in [1.807, 2.05) is 13.0 Å². The third kappa shape index (κ3) is 13.7. The normalized spacial score (nSPS) is 12.7. The number of carbonyl (C=O) groups is 2. The summed E-state index contributed by atoms with van der Waals surface area (Å²) in [6.07, 6.45) is 6.93. The average Bonchev–Trinajstić information content (AvgIpc) is 3.65. The number of carboxylic acid groups (broad SMARTS) is 1. The van der Waals surface area contributed by atoms with Gasteiger partial charge in [-0.05, 0) is 151 Å². The Hall–Kier alpha value is -8.36. The molecule has 8 aromatic rings. The monoisotopic (exact) mass is 1120 g/mol. The number of carbonyl (C=O) groups excluding carboxylic acids is 1. The van der Waals surface area contributed by atoms with Gasteiger partial charge in [-0.15, -0.1) is 0 Å². The number of anilines is 2. The van der Waals surface area contributed by atoms with E-state index in [2.05, 4.69) is 68.4 Å². The molecule has 0 aliphatic heterocycles. The Morgan fingerprint density at radius 2 is 0.988 bits per heavy atom. The van der Waals surface area contributed by atoms with Crippen LogP contribution in [-0.4, -0.2) is 114 Å². The molecule has 1 aliphatic carbocycles. The van der Waals surface area contributed by atoms with Crippen molar-refractivity contribution < 1.29 is 32.3 Å². The van der Waals surface area contributed by atoms with Crippen molar-refractivity contribution in [3.63, 3.8) is 0 Å². The van der Waals surface area contributed by atoms with Crippen LogP contribution in [0.1, 0.15) is 104 Å². The minimum atomic E-state index is -1.11. The topological polar surface area (TPSA) is 192 Å². The van der Waals surface area contributed by atoms with Crippen LogP contribution < -0.4 is 27.1 Å². The van der Waals surface area contributed by atoms with Gasteiger partial charge in [0.2, 0.25) is 11.9 Å². The maximum Gasteiger partial charge on any atom is 0.335 e. The number of para-hydroxylation sites is 2. The van der Waals surface area contributed by atoms with Gasteiger partial charge in [-0.25, -0.2) is 32.3 Å². The Morgan fingerprint density at radius 3 is 1.40 bits per heavy atom. The van der Waals surface area contributed by atoms with Crippen LogP contribution in [0.2, 0.25) is 0 Å². The number of hydrogen-bond acceptors (Lipinski definition) is 12. The first kappa shape index (κ1) is 59.8. The lowest BCUT2D eigenvalue weighted by molar-refractivity contribution is 0.0696. The smallest absolute Gasteiger partial charge is 0.335 e. The Morgan fingerprint density at radius 1 is 0.573 bits per heavy atom. The van der Waals surface area contributed by atoms with E-state index in [9.17, 15) is 33.1 Å². The van der Waals surface area contributed by atoms with Crippen LogP contribution in [0.5, 0.6) is 0 Å². The number of rotatable bonds is 21. The van der Waals surface area contributed by atoms with Crippen molar-refractivity contribution in [2.24, 2.45) is 0 Å². The Kier molecular flexibility index (Phi) is 20.0. The van der Waals surface area contributed by atoms with Gasteiger partial charge in [0, 0.05) is 58.7 Å². The highest BCUT2D eigenvalue weighted by molar-refractivity contribution is 5.99. The highest BCUT2D eigenvalue weighted by Crippen LogP contribution is 2.34. The third-order valence-corrected chi connectivity index (χ3v) is 14.9. The number of amides is 1. The van der Waals surface area contributed by atoms with E-state index in [0.29, 0.717) is 51.9 Å². The second-order valence-corrected chi connectivity index (χ2v) is 20.2. The Balaban J connectivity index is 0.000000217. The van der Waals surface area contributed by atoms with Crippen molar-refractivity contribution in [2.45, 2.75) is 92.5 Å². The number of benzene rings is 4. The van der Waals surface area contributed by atoms with Crippen LogP contribution in [0.25, 0.3) is 56.0 Å². The number of fused-ring (bicyclic) bond motifs is 2. The minimum absolute atomic E-state index is 0.00197. The van der Waals surface area contributed by atoms with Crippen LogP contribution in [0.4, 0.5) is 29.5 Å². The standard InChI is InChI=1S/C34H40F2N6O2.C28H29F2N5O3/c1-4-41(5-2)20-10-19-37-34-39-30(26-21-23(16-15-22(26)3)33(44)38-24-11-7-6-8-12-24)25-17-18-29(43)42(32(25)40-34)31-27(35)13-9-14-28(31)36;1-4-34(5-2)15-7-14-31-28-32-24(20-16-18(27(37)38)11-10-17(20)3)19-12-13-23(36)35(26(19)33-28)25-21(29)8-6-9-22(25)30/h9,13-18,21,24H,4-8,10-12,19-20H2,1-3H3,(H,38,44)(H,37,39,40);6,8-13,16H,4-5,7,14-15H2,1-3H3,(H,37,38)(H,31,32,33). The number of pyridine rings is 2. The predicted octanol–water partition coefficient (Wildman–Crippen LogP) is 11.1. The highest BCUT2D eigenvalue weighted by Gasteiger charge is 2.24. The SMILES string of the molecule is CCN(CC)CCCNc1nc(-c2cc(C(=O)NC3CCCCC3)ccc2C)c2ccc(=O)n(-c3c(F)cccc3F)c2n1.CCN(CC)CCCNc1nc(-c2cc(C(=O)O)ccc2C)c2ccc(=O)n(-c3c(F)cccc3F)c2n1. The van der Waals surface area contributed by atoms with E-state index in [1.54, 1.807) is 31.2 Å². The van der Waals surface area contributed by atoms with Crippen LogP contribution in [0.3, 0.4) is 0 Å². The van der Waals surface area contributed by atoms with Gasteiger partial charge in [-0.2, -0.15) is 9.97 Å². The van der Waals surface area contributed by atoms with Crippen LogP contribution >= 0.6 is 0 Å². The van der Waals surface area contributed by atoms with E-state index < -0.39 is 51.7 Å². The number of carboxylic acids is 1. The summed E-state index contributed by atoms with van der Waals surface area (Å²) in [5.41, 5.74) is 1.81. The molecular weight excluding hydrogens is 1050 g/mol. The van der Waals surface area contributed by atoms with Crippen molar-refractivity contribution in [2.75, 3.05) is 63.0 Å².